The largest absolute Gasteiger partial charge is 0.407 e. The highest BCUT2D eigenvalue weighted by Gasteiger charge is 2.40. The van der Waals surface area contributed by atoms with Crippen LogP contribution < -0.4 is 0 Å². The molecule has 0 spiro atoms. The van der Waals surface area contributed by atoms with E-state index in [1.54, 1.807) is 13.2 Å². The van der Waals surface area contributed by atoms with Crippen molar-refractivity contribution in [2.75, 3.05) is 7.11 Å². The summed E-state index contributed by atoms with van der Waals surface area (Å²) in [5, 5.41) is 0.112. The van der Waals surface area contributed by atoms with Gasteiger partial charge in [-0.3, -0.25) is 0 Å². The van der Waals surface area contributed by atoms with Gasteiger partial charge in [0, 0.05) is 13.0 Å². The van der Waals surface area contributed by atoms with Gasteiger partial charge in [0.2, 0.25) is 0 Å². The quantitative estimate of drug-likeness (QED) is 0.379. The number of carbonyl (C=O) groups is 1. The van der Waals surface area contributed by atoms with Gasteiger partial charge in [0.15, 0.2) is 8.32 Å². The van der Waals surface area contributed by atoms with Crippen LogP contribution >= 0.6 is 0 Å². The van der Waals surface area contributed by atoms with Crippen molar-refractivity contribution in [3.8, 4) is 0 Å². The summed E-state index contributed by atoms with van der Waals surface area (Å²) in [6.45, 7) is 18.8. The topological polar surface area (TPSA) is 35.5 Å². The van der Waals surface area contributed by atoms with Crippen LogP contribution in [0.4, 0.5) is 0 Å². The second-order valence-electron chi connectivity index (χ2n) is 7.14. The van der Waals surface area contributed by atoms with E-state index in [0.717, 1.165) is 11.9 Å². The molecule has 0 N–H and O–H groups in total. The van der Waals surface area contributed by atoms with Gasteiger partial charge in [-0.05, 0) is 30.6 Å². The molecule has 0 saturated heterocycles. The number of ether oxygens (including phenoxy) is 1. The molecular formula is C17H32O3Si. The second kappa shape index (κ2) is 8.06. The van der Waals surface area contributed by atoms with E-state index in [2.05, 4.69) is 40.4 Å². The van der Waals surface area contributed by atoms with Crippen LogP contribution in [0.15, 0.2) is 24.3 Å². The lowest BCUT2D eigenvalue weighted by Gasteiger charge is -2.41. The molecule has 0 aliphatic rings. The van der Waals surface area contributed by atoms with Crippen molar-refractivity contribution < 1.29 is 14.0 Å². The lowest BCUT2D eigenvalue weighted by atomic mass is 10.0. The van der Waals surface area contributed by atoms with E-state index in [9.17, 15) is 4.79 Å². The van der Waals surface area contributed by atoms with E-state index >= 15 is 0 Å². The number of rotatable bonds is 8. The highest BCUT2D eigenvalue weighted by Crippen LogP contribution is 2.38. The van der Waals surface area contributed by atoms with Gasteiger partial charge in [0.1, 0.15) is 12.4 Å². The Kier molecular flexibility index (Phi) is 7.79. The molecule has 0 heterocycles. The Labute approximate surface area is 131 Å². The van der Waals surface area contributed by atoms with Gasteiger partial charge in [-0.2, -0.15) is 0 Å². The van der Waals surface area contributed by atoms with Gasteiger partial charge in [-0.15, -0.1) is 6.58 Å². The third kappa shape index (κ3) is 5.89. The van der Waals surface area contributed by atoms with E-state index < -0.39 is 8.32 Å². The van der Waals surface area contributed by atoms with Crippen molar-refractivity contribution in [2.45, 2.75) is 65.0 Å². The minimum absolute atomic E-state index is 0.112. The number of hydrogen-bond acceptors (Lipinski definition) is 3. The number of hydrogen-bond donors (Lipinski definition) is 0. The zero-order chi connectivity index (χ0) is 16.8. The summed E-state index contributed by atoms with van der Waals surface area (Å²) in [6.07, 6.45) is 4.23. The maximum atomic E-state index is 10.9. The lowest BCUT2D eigenvalue weighted by molar-refractivity contribution is -0.109. The molecule has 3 nitrogen and oxygen atoms in total. The first-order valence-corrected chi connectivity index (χ1v) is 10.4. The highest BCUT2D eigenvalue weighted by atomic mass is 28.4. The molecule has 3 atom stereocenters. The maximum Gasteiger partial charge on any atom is 0.193 e. The van der Waals surface area contributed by atoms with E-state index in [-0.39, 0.29) is 23.2 Å². The third-order valence-corrected chi connectivity index (χ3v) is 8.68. The first kappa shape index (κ1) is 20.3. The maximum absolute atomic E-state index is 10.9. The molecular weight excluding hydrogens is 280 g/mol. The van der Waals surface area contributed by atoms with Crippen LogP contribution in [-0.4, -0.2) is 33.9 Å². The molecule has 122 valence electrons. The number of aldehydes is 1. The van der Waals surface area contributed by atoms with Crippen LogP contribution in [0.2, 0.25) is 18.1 Å². The predicted octanol–water partition coefficient (Wildman–Crippen LogP) is 4.36. The minimum atomic E-state index is -1.94. The fourth-order valence-electron chi connectivity index (χ4n) is 1.81. The van der Waals surface area contributed by atoms with E-state index in [4.69, 9.17) is 9.16 Å². The van der Waals surface area contributed by atoms with Crippen molar-refractivity contribution in [2.24, 2.45) is 5.92 Å². The fraction of sp³-hybridized carbons (Fsp3) is 0.706. The van der Waals surface area contributed by atoms with Gasteiger partial charge in [-0.1, -0.05) is 39.8 Å². The van der Waals surface area contributed by atoms with Crippen LogP contribution in [0.3, 0.4) is 0 Å². The molecule has 0 aliphatic carbocycles. The van der Waals surface area contributed by atoms with Crippen molar-refractivity contribution in [3.63, 3.8) is 0 Å². The summed E-state index contributed by atoms with van der Waals surface area (Å²) < 4.78 is 12.0. The summed E-state index contributed by atoms with van der Waals surface area (Å²) in [7, 11) is -0.287. The Morgan fingerprint density at radius 2 is 1.81 bits per heavy atom. The number of carbonyl (C=O) groups excluding carboxylic acids is 1. The average molecular weight is 313 g/mol. The van der Waals surface area contributed by atoms with Gasteiger partial charge >= 0.3 is 0 Å². The van der Waals surface area contributed by atoms with Crippen LogP contribution in [0.25, 0.3) is 0 Å². The molecule has 0 radical (unpaired) electrons. The van der Waals surface area contributed by atoms with Crippen molar-refractivity contribution in [3.05, 3.63) is 24.3 Å². The molecule has 0 rings (SSSR count). The van der Waals surface area contributed by atoms with Crippen LogP contribution in [0, 0.1) is 5.92 Å². The molecule has 1 unspecified atom stereocenters. The standard InChI is InChI=1S/C17H32O3Si/c1-10-15(19-7)16(14(3)11-13(2)12-18)20-21(8,9)17(4,5)6/h10-13,15-16H,1H2,2-9H3/t13?,15-,16-/m0/s1. The summed E-state index contributed by atoms with van der Waals surface area (Å²) in [5.41, 5.74) is 1.02. The van der Waals surface area contributed by atoms with E-state index in [1.165, 1.54) is 0 Å². The molecule has 21 heavy (non-hydrogen) atoms. The Bertz CT molecular complexity index is 380. The zero-order valence-corrected chi connectivity index (χ0v) is 15.9. The monoisotopic (exact) mass is 312 g/mol. The lowest BCUT2D eigenvalue weighted by Crippen LogP contribution is -2.47. The molecule has 0 fully saturated rings. The summed E-state index contributed by atoms with van der Waals surface area (Å²) >= 11 is 0. The Balaban J connectivity index is 5.49. The number of allylic oxidation sites excluding steroid dienone is 1. The normalized spacial score (nSPS) is 18.0. The van der Waals surface area contributed by atoms with Gasteiger partial charge in [-0.25, -0.2) is 0 Å². The first-order valence-electron chi connectivity index (χ1n) is 7.47. The Morgan fingerprint density at radius 3 is 2.14 bits per heavy atom. The molecule has 0 bridgehead atoms. The van der Waals surface area contributed by atoms with Gasteiger partial charge < -0.3 is 14.0 Å². The van der Waals surface area contributed by atoms with Gasteiger partial charge in [0.25, 0.3) is 0 Å². The molecule has 0 aromatic heterocycles. The Morgan fingerprint density at radius 1 is 1.29 bits per heavy atom. The first-order chi connectivity index (χ1) is 9.50. The van der Waals surface area contributed by atoms with Crippen LogP contribution in [0.5, 0.6) is 0 Å². The molecule has 0 aliphatic heterocycles. The third-order valence-electron chi connectivity index (χ3n) is 4.22. The second-order valence-corrected chi connectivity index (χ2v) is 11.9. The van der Waals surface area contributed by atoms with E-state index in [0.29, 0.717) is 0 Å². The summed E-state index contributed by atoms with van der Waals surface area (Å²) in [6, 6.07) is 0. The molecule has 0 aromatic rings. The van der Waals surface area contributed by atoms with Crippen molar-refractivity contribution >= 4 is 14.6 Å². The SMILES string of the molecule is C=C[C@H](OC)[C@@H](O[Si](C)(C)C(C)(C)C)C(C)=CC(C)C=O. The fourth-order valence-corrected chi connectivity index (χ4v) is 3.11. The van der Waals surface area contributed by atoms with Crippen LogP contribution in [-0.2, 0) is 14.0 Å². The number of methoxy groups -OCH3 is 1. The van der Waals surface area contributed by atoms with Crippen LogP contribution in [0.1, 0.15) is 34.6 Å². The van der Waals surface area contributed by atoms with Crippen molar-refractivity contribution in [1.29, 1.82) is 0 Å². The highest BCUT2D eigenvalue weighted by molar-refractivity contribution is 6.74. The Hall–Kier alpha value is -0.713. The zero-order valence-electron chi connectivity index (χ0n) is 14.9. The average Bonchev–Trinajstić information content (AvgIpc) is 2.37. The predicted molar refractivity (Wildman–Crippen MR) is 92.0 cm³/mol. The van der Waals surface area contributed by atoms with Gasteiger partial charge in [0.05, 0.1) is 6.10 Å². The molecule has 0 aromatic carbocycles. The molecule has 0 amide bonds. The van der Waals surface area contributed by atoms with E-state index in [1.807, 2.05) is 19.9 Å². The summed E-state index contributed by atoms with van der Waals surface area (Å²) in [5.74, 6) is -0.127. The molecule has 0 saturated carbocycles. The van der Waals surface area contributed by atoms with Crippen molar-refractivity contribution in [1.82, 2.24) is 0 Å². The minimum Gasteiger partial charge on any atom is -0.407 e. The molecule has 4 heteroatoms. The smallest absolute Gasteiger partial charge is 0.193 e. The summed E-state index contributed by atoms with van der Waals surface area (Å²) in [4.78, 5) is 10.9.